The Morgan fingerprint density at radius 1 is 1.23 bits per heavy atom. The lowest BCUT2D eigenvalue weighted by Gasteiger charge is -2.37. The first-order chi connectivity index (χ1) is 12.4. The smallest absolute Gasteiger partial charge is 0.238 e. The van der Waals surface area contributed by atoms with Gasteiger partial charge in [-0.1, -0.05) is 39.0 Å². The molecule has 0 saturated heterocycles. The van der Waals surface area contributed by atoms with Gasteiger partial charge in [0.15, 0.2) is 0 Å². The maximum atomic E-state index is 13.9. The van der Waals surface area contributed by atoms with Gasteiger partial charge in [0.2, 0.25) is 5.91 Å². The van der Waals surface area contributed by atoms with E-state index in [4.69, 9.17) is 4.74 Å². The van der Waals surface area contributed by atoms with Crippen molar-refractivity contribution in [2.75, 3.05) is 17.8 Å². The van der Waals surface area contributed by atoms with Crippen LogP contribution < -0.4 is 9.64 Å². The van der Waals surface area contributed by atoms with Gasteiger partial charge in [-0.25, -0.2) is 0 Å². The minimum atomic E-state index is -0.388. The lowest BCUT2D eigenvalue weighted by molar-refractivity contribution is -0.128. The molecule has 0 aromatic heterocycles. The van der Waals surface area contributed by atoms with Gasteiger partial charge < -0.3 is 4.74 Å². The van der Waals surface area contributed by atoms with Crippen molar-refractivity contribution in [2.45, 2.75) is 39.0 Å². The van der Waals surface area contributed by atoms with Crippen molar-refractivity contribution in [3.63, 3.8) is 0 Å². The second-order valence-corrected chi connectivity index (χ2v) is 8.24. The molecule has 0 N–H and O–H groups in total. The Morgan fingerprint density at radius 3 is 2.50 bits per heavy atom. The highest BCUT2D eigenvalue weighted by atomic mass is 32.2. The van der Waals surface area contributed by atoms with Gasteiger partial charge >= 0.3 is 0 Å². The molecule has 1 atom stereocenters. The fraction of sp³-hybridized carbons (Fsp3) is 0.409. The summed E-state index contributed by atoms with van der Waals surface area (Å²) in [5.74, 6) is 2.10. The molecule has 2 aromatic carbocycles. The van der Waals surface area contributed by atoms with E-state index in [1.807, 2.05) is 42.2 Å². The molecular weight excluding hydrogens is 342 g/mol. The summed E-state index contributed by atoms with van der Waals surface area (Å²) in [5.41, 5.74) is 2.53. The zero-order valence-electron chi connectivity index (χ0n) is 16.2. The molecule has 2 aromatic rings. The van der Waals surface area contributed by atoms with E-state index in [9.17, 15) is 4.79 Å². The lowest BCUT2D eigenvalue weighted by Crippen LogP contribution is -2.45. The zero-order chi connectivity index (χ0) is 18.9. The number of anilines is 2. The molecule has 0 spiro atoms. The number of aryl methyl sites for hydroxylation is 1. The molecule has 1 unspecified atom stereocenters. The Hall–Kier alpha value is -1.94. The first kappa shape index (κ1) is 18.8. The van der Waals surface area contributed by atoms with E-state index in [2.05, 4.69) is 32.9 Å². The molecule has 0 fully saturated rings. The molecule has 1 aliphatic rings. The number of carbonyl (C=O) groups is 1. The Kier molecular flexibility index (Phi) is 5.33. The van der Waals surface area contributed by atoms with Crippen molar-refractivity contribution >= 4 is 29.0 Å². The van der Waals surface area contributed by atoms with Crippen LogP contribution >= 0.6 is 11.8 Å². The van der Waals surface area contributed by atoms with Gasteiger partial charge in [0.1, 0.15) is 5.75 Å². The summed E-state index contributed by atoms with van der Waals surface area (Å²) >= 11 is 1.77. The van der Waals surface area contributed by atoms with Crippen LogP contribution in [0.1, 0.15) is 32.8 Å². The standard InChI is InChI=1S/C22H27NO2S/c1-6-22(15(2)3)14-26-20-13-19(25-5)16(4)12-18(20)23(21(22)24)17-10-8-7-9-11-17/h7-13,15H,6,14H2,1-5H3. The molecule has 1 heterocycles. The van der Waals surface area contributed by atoms with Crippen molar-refractivity contribution in [3.8, 4) is 5.75 Å². The fourth-order valence-electron chi connectivity index (χ4n) is 3.67. The van der Waals surface area contributed by atoms with Gasteiger partial charge in [-0.3, -0.25) is 9.69 Å². The molecule has 26 heavy (non-hydrogen) atoms. The fourth-order valence-corrected chi connectivity index (χ4v) is 5.24. The largest absolute Gasteiger partial charge is 0.496 e. The summed E-state index contributed by atoms with van der Waals surface area (Å²) in [5, 5.41) is 0. The third-order valence-electron chi connectivity index (χ3n) is 5.58. The molecule has 0 radical (unpaired) electrons. The van der Waals surface area contributed by atoms with Crippen molar-refractivity contribution < 1.29 is 9.53 Å². The summed E-state index contributed by atoms with van der Waals surface area (Å²) in [6, 6.07) is 14.1. The number of methoxy groups -OCH3 is 1. The highest BCUT2D eigenvalue weighted by Gasteiger charge is 2.46. The maximum absolute atomic E-state index is 13.9. The van der Waals surface area contributed by atoms with Crippen LogP contribution in [0.3, 0.4) is 0 Å². The van der Waals surface area contributed by atoms with Gasteiger partial charge in [-0.05, 0) is 49.1 Å². The summed E-state index contributed by atoms with van der Waals surface area (Å²) < 4.78 is 5.53. The van der Waals surface area contributed by atoms with Crippen molar-refractivity contribution in [3.05, 3.63) is 48.0 Å². The average molecular weight is 370 g/mol. The summed E-state index contributed by atoms with van der Waals surface area (Å²) in [6.45, 7) is 8.47. The van der Waals surface area contributed by atoms with Gasteiger partial charge in [0.25, 0.3) is 0 Å². The van der Waals surface area contributed by atoms with Crippen LogP contribution in [0.5, 0.6) is 5.75 Å². The predicted octanol–water partition coefficient (Wildman–Crippen LogP) is 5.83. The van der Waals surface area contributed by atoms with Crippen molar-refractivity contribution in [1.29, 1.82) is 0 Å². The number of fused-ring (bicyclic) bond motifs is 1. The summed E-state index contributed by atoms with van der Waals surface area (Å²) in [7, 11) is 1.70. The highest BCUT2D eigenvalue weighted by molar-refractivity contribution is 7.99. The lowest BCUT2D eigenvalue weighted by atomic mass is 9.75. The van der Waals surface area contributed by atoms with Crippen LogP contribution in [-0.4, -0.2) is 18.8 Å². The van der Waals surface area contributed by atoms with Crippen LogP contribution in [0.4, 0.5) is 11.4 Å². The van der Waals surface area contributed by atoms with Crippen LogP contribution in [0.2, 0.25) is 0 Å². The molecular formula is C22H27NO2S. The topological polar surface area (TPSA) is 29.5 Å². The molecule has 138 valence electrons. The quantitative estimate of drug-likeness (QED) is 0.679. The SMILES string of the molecule is CCC1(C(C)C)CSc2cc(OC)c(C)cc2N(c2ccccc2)C1=O. The molecule has 4 heteroatoms. The number of ether oxygens (including phenoxy) is 1. The monoisotopic (exact) mass is 369 g/mol. The summed E-state index contributed by atoms with van der Waals surface area (Å²) in [6.07, 6.45) is 0.823. The van der Waals surface area contributed by atoms with Gasteiger partial charge in [-0.2, -0.15) is 0 Å². The summed E-state index contributed by atoms with van der Waals surface area (Å²) in [4.78, 5) is 16.9. The third kappa shape index (κ3) is 3.01. The number of thioether (sulfide) groups is 1. The number of para-hydroxylation sites is 1. The van der Waals surface area contributed by atoms with Crippen molar-refractivity contribution in [1.82, 2.24) is 0 Å². The minimum Gasteiger partial charge on any atom is -0.496 e. The van der Waals surface area contributed by atoms with Crippen LogP contribution in [0.15, 0.2) is 47.4 Å². The van der Waals surface area contributed by atoms with Crippen LogP contribution in [0, 0.1) is 18.3 Å². The molecule has 0 bridgehead atoms. The van der Waals surface area contributed by atoms with E-state index in [1.165, 1.54) is 0 Å². The van der Waals surface area contributed by atoms with E-state index in [-0.39, 0.29) is 17.2 Å². The van der Waals surface area contributed by atoms with E-state index in [1.54, 1.807) is 18.9 Å². The Bertz CT molecular complexity index is 803. The Morgan fingerprint density at radius 2 is 1.92 bits per heavy atom. The van der Waals surface area contributed by atoms with E-state index >= 15 is 0 Å². The van der Waals surface area contributed by atoms with Crippen LogP contribution in [-0.2, 0) is 4.79 Å². The number of benzene rings is 2. The maximum Gasteiger partial charge on any atom is 0.238 e. The predicted molar refractivity (Wildman–Crippen MR) is 110 cm³/mol. The number of rotatable bonds is 4. The number of amides is 1. The molecule has 0 aliphatic carbocycles. The molecule has 0 saturated carbocycles. The first-order valence-corrected chi connectivity index (χ1v) is 10.1. The van der Waals surface area contributed by atoms with E-state index < -0.39 is 0 Å². The molecule has 1 aliphatic heterocycles. The Balaban J connectivity index is 2.25. The Labute approximate surface area is 160 Å². The van der Waals surface area contributed by atoms with Crippen LogP contribution in [0.25, 0.3) is 0 Å². The zero-order valence-corrected chi connectivity index (χ0v) is 17.0. The third-order valence-corrected chi connectivity index (χ3v) is 6.88. The second-order valence-electron chi connectivity index (χ2n) is 7.22. The van der Waals surface area contributed by atoms with Gasteiger partial charge in [0.05, 0.1) is 18.2 Å². The number of hydrogen-bond donors (Lipinski definition) is 0. The minimum absolute atomic E-state index is 0.192. The number of nitrogens with zero attached hydrogens (tertiary/aromatic N) is 1. The van der Waals surface area contributed by atoms with E-state index in [0.717, 1.165) is 39.8 Å². The van der Waals surface area contributed by atoms with Gasteiger partial charge in [0, 0.05) is 16.3 Å². The average Bonchev–Trinajstić information content (AvgIpc) is 2.76. The highest BCUT2D eigenvalue weighted by Crippen LogP contribution is 2.49. The second kappa shape index (κ2) is 7.36. The first-order valence-electron chi connectivity index (χ1n) is 9.15. The van der Waals surface area contributed by atoms with Crippen molar-refractivity contribution in [2.24, 2.45) is 11.3 Å². The molecule has 3 nitrogen and oxygen atoms in total. The molecule has 1 amide bonds. The van der Waals surface area contributed by atoms with Gasteiger partial charge in [-0.15, -0.1) is 11.8 Å². The number of hydrogen-bond acceptors (Lipinski definition) is 3. The number of carbonyl (C=O) groups excluding carboxylic acids is 1. The normalized spacial score (nSPS) is 20.1. The van der Waals surface area contributed by atoms with E-state index in [0.29, 0.717) is 0 Å². The molecule has 3 rings (SSSR count).